The molecular formula is C15H24N4. The number of pyridine rings is 1. The highest BCUT2D eigenvalue weighted by Crippen LogP contribution is 2.24. The van der Waals surface area contributed by atoms with Crippen molar-refractivity contribution in [3.05, 3.63) is 30.1 Å². The van der Waals surface area contributed by atoms with Gasteiger partial charge in [-0.25, -0.2) is 4.98 Å². The number of aromatic nitrogens is 2. The Morgan fingerprint density at radius 3 is 2.68 bits per heavy atom. The molecule has 2 aromatic heterocycles. The monoisotopic (exact) mass is 260 g/mol. The molecule has 0 aromatic carbocycles. The van der Waals surface area contributed by atoms with Crippen molar-refractivity contribution in [2.45, 2.75) is 39.2 Å². The van der Waals surface area contributed by atoms with Crippen LogP contribution in [0.2, 0.25) is 0 Å². The fourth-order valence-corrected chi connectivity index (χ4v) is 2.69. The summed E-state index contributed by atoms with van der Waals surface area (Å²) in [5, 5.41) is 0. The maximum absolute atomic E-state index is 5.76. The molecule has 0 spiro atoms. The largest absolute Gasteiger partial charge is 0.355 e. The van der Waals surface area contributed by atoms with Crippen molar-refractivity contribution in [1.29, 1.82) is 0 Å². The molecule has 2 heterocycles. The zero-order chi connectivity index (χ0) is 13.8. The highest BCUT2D eigenvalue weighted by Gasteiger charge is 2.19. The van der Waals surface area contributed by atoms with E-state index in [9.17, 15) is 0 Å². The molecule has 0 amide bonds. The van der Waals surface area contributed by atoms with Crippen LogP contribution in [0.4, 0.5) is 5.82 Å². The van der Waals surface area contributed by atoms with E-state index in [1.54, 1.807) is 0 Å². The summed E-state index contributed by atoms with van der Waals surface area (Å²) in [5.41, 5.74) is 7.98. The fraction of sp³-hybridized carbons (Fsp3) is 0.533. The van der Waals surface area contributed by atoms with E-state index in [2.05, 4.69) is 36.4 Å². The second kappa shape index (κ2) is 6.06. The van der Waals surface area contributed by atoms with Gasteiger partial charge in [0.05, 0.1) is 5.69 Å². The molecule has 0 aliphatic carbocycles. The smallest absolute Gasteiger partial charge is 0.151 e. The van der Waals surface area contributed by atoms with Gasteiger partial charge in [0, 0.05) is 25.7 Å². The van der Waals surface area contributed by atoms with Gasteiger partial charge in [0.25, 0.3) is 0 Å². The number of hydrogen-bond donors (Lipinski definition) is 1. The minimum Gasteiger partial charge on any atom is -0.355 e. The van der Waals surface area contributed by atoms with E-state index in [0.29, 0.717) is 12.6 Å². The number of rotatable bonds is 6. The first-order valence-corrected chi connectivity index (χ1v) is 7.11. The van der Waals surface area contributed by atoms with Crippen LogP contribution in [0.25, 0.3) is 5.65 Å². The Hall–Kier alpha value is -1.55. The molecular weight excluding hydrogens is 236 g/mol. The SMILES string of the molecule is CCC(CC)N(C)c1nc2ccccn2c1CCN. The van der Waals surface area contributed by atoms with Crippen LogP contribution >= 0.6 is 0 Å². The summed E-state index contributed by atoms with van der Waals surface area (Å²) in [6.45, 7) is 5.10. The van der Waals surface area contributed by atoms with Gasteiger partial charge in [0.2, 0.25) is 0 Å². The first kappa shape index (κ1) is 13.9. The second-order valence-corrected chi connectivity index (χ2v) is 4.93. The average Bonchev–Trinajstić information content (AvgIpc) is 2.80. The van der Waals surface area contributed by atoms with E-state index in [-0.39, 0.29) is 0 Å². The van der Waals surface area contributed by atoms with Gasteiger partial charge < -0.3 is 15.0 Å². The lowest BCUT2D eigenvalue weighted by Gasteiger charge is -2.27. The summed E-state index contributed by atoms with van der Waals surface area (Å²) in [4.78, 5) is 7.08. The number of hydrogen-bond acceptors (Lipinski definition) is 3. The molecule has 0 bridgehead atoms. The van der Waals surface area contributed by atoms with Crippen LogP contribution in [0.1, 0.15) is 32.4 Å². The van der Waals surface area contributed by atoms with Gasteiger partial charge >= 0.3 is 0 Å². The normalized spacial score (nSPS) is 11.4. The summed E-state index contributed by atoms with van der Waals surface area (Å²) >= 11 is 0. The maximum Gasteiger partial charge on any atom is 0.151 e. The van der Waals surface area contributed by atoms with Crippen molar-refractivity contribution in [3.8, 4) is 0 Å². The van der Waals surface area contributed by atoms with E-state index >= 15 is 0 Å². The van der Waals surface area contributed by atoms with Crippen molar-refractivity contribution >= 4 is 11.5 Å². The lowest BCUT2D eigenvalue weighted by molar-refractivity contribution is 0.585. The predicted octanol–water partition coefficient (Wildman–Crippen LogP) is 2.46. The molecule has 0 aliphatic heterocycles. The Kier molecular flexibility index (Phi) is 4.43. The van der Waals surface area contributed by atoms with Crippen molar-refractivity contribution in [2.24, 2.45) is 5.73 Å². The summed E-state index contributed by atoms with van der Waals surface area (Å²) in [6.07, 6.45) is 5.18. The minimum atomic E-state index is 0.529. The van der Waals surface area contributed by atoms with Crippen molar-refractivity contribution < 1.29 is 0 Å². The van der Waals surface area contributed by atoms with Gasteiger partial charge in [-0.1, -0.05) is 19.9 Å². The number of anilines is 1. The molecule has 0 fully saturated rings. The van der Waals surface area contributed by atoms with Gasteiger partial charge in [-0.15, -0.1) is 0 Å². The molecule has 0 atom stereocenters. The molecule has 19 heavy (non-hydrogen) atoms. The number of nitrogens with two attached hydrogens (primary N) is 1. The molecule has 0 saturated carbocycles. The zero-order valence-corrected chi connectivity index (χ0v) is 12.1. The lowest BCUT2D eigenvalue weighted by atomic mass is 10.1. The molecule has 0 saturated heterocycles. The van der Waals surface area contributed by atoms with Crippen LogP contribution in [0.15, 0.2) is 24.4 Å². The van der Waals surface area contributed by atoms with Crippen LogP contribution in [0.5, 0.6) is 0 Å². The average molecular weight is 260 g/mol. The molecule has 4 heteroatoms. The fourth-order valence-electron chi connectivity index (χ4n) is 2.69. The highest BCUT2D eigenvalue weighted by molar-refractivity contribution is 5.56. The summed E-state index contributed by atoms with van der Waals surface area (Å²) in [6, 6.07) is 6.64. The summed E-state index contributed by atoms with van der Waals surface area (Å²) in [5.74, 6) is 1.07. The Morgan fingerprint density at radius 1 is 1.32 bits per heavy atom. The van der Waals surface area contributed by atoms with Crippen molar-refractivity contribution in [3.63, 3.8) is 0 Å². The van der Waals surface area contributed by atoms with Crippen LogP contribution in [0, 0.1) is 0 Å². The van der Waals surface area contributed by atoms with E-state index in [1.807, 2.05) is 18.2 Å². The quantitative estimate of drug-likeness (QED) is 0.868. The van der Waals surface area contributed by atoms with Gasteiger partial charge in [0.1, 0.15) is 5.65 Å². The maximum atomic E-state index is 5.76. The third-order valence-electron chi connectivity index (χ3n) is 3.81. The van der Waals surface area contributed by atoms with E-state index in [4.69, 9.17) is 10.7 Å². The molecule has 0 radical (unpaired) electrons. The zero-order valence-electron chi connectivity index (χ0n) is 12.1. The Balaban J connectivity index is 2.49. The standard InChI is InChI=1S/C15H24N4/c1-4-12(5-2)18(3)15-13(9-10-16)19-11-7-6-8-14(19)17-15/h6-8,11-12H,4-5,9-10,16H2,1-3H3. The van der Waals surface area contributed by atoms with Gasteiger partial charge in [-0.05, 0) is 31.5 Å². The van der Waals surface area contributed by atoms with E-state index in [1.165, 1.54) is 5.69 Å². The third-order valence-corrected chi connectivity index (χ3v) is 3.81. The molecule has 4 nitrogen and oxygen atoms in total. The van der Waals surface area contributed by atoms with Gasteiger partial charge in [0.15, 0.2) is 5.82 Å². The molecule has 2 N–H and O–H groups in total. The van der Waals surface area contributed by atoms with Crippen LogP contribution in [-0.4, -0.2) is 29.0 Å². The Morgan fingerprint density at radius 2 is 2.05 bits per heavy atom. The first-order chi connectivity index (χ1) is 9.22. The Labute approximate surface area is 115 Å². The van der Waals surface area contributed by atoms with Crippen molar-refractivity contribution in [2.75, 3.05) is 18.5 Å². The first-order valence-electron chi connectivity index (χ1n) is 7.11. The van der Waals surface area contributed by atoms with Gasteiger partial charge in [-0.2, -0.15) is 0 Å². The van der Waals surface area contributed by atoms with E-state index < -0.39 is 0 Å². The van der Waals surface area contributed by atoms with Crippen LogP contribution in [-0.2, 0) is 6.42 Å². The van der Waals surface area contributed by atoms with Crippen LogP contribution in [0.3, 0.4) is 0 Å². The number of nitrogens with zero attached hydrogens (tertiary/aromatic N) is 3. The predicted molar refractivity (Wildman–Crippen MR) is 80.7 cm³/mol. The minimum absolute atomic E-state index is 0.529. The molecule has 2 rings (SSSR count). The highest BCUT2D eigenvalue weighted by atomic mass is 15.2. The molecule has 0 aliphatic rings. The summed E-state index contributed by atoms with van der Waals surface area (Å²) < 4.78 is 2.15. The van der Waals surface area contributed by atoms with E-state index in [0.717, 1.165) is 30.7 Å². The van der Waals surface area contributed by atoms with Crippen LogP contribution < -0.4 is 10.6 Å². The van der Waals surface area contributed by atoms with Gasteiger partial charge in [-0.3, -0.25) is 0 Å². The third kappa shape index (κ3) is 2.59. The molecule has 104 valence electrons. The summed E-state index contributed by atoms with van der Waals surface area (Å²) in [7, 11) is 2.14. The number of imidazole rings is 1. The Bertz CT molecular complexity index is 528. The topological polar surface area (TPSA) is 46.6 Å². The van der Waals surface area contributed by atoms with Crippen molar-refractivity contribution in [1.82, 2.24) is 9.38 Å². The molecule has 2 aromatic rings. The number of fused-ring (bicyclic) bond motifs is 1. The lowest BCUT2D eigenvalue weighted by Crippen LogP contribution is -2.31. The second-order valence-electron chi connectivity index (χ2n) is 4.93. The molecule has 0 unspecified atom stereocenters.